The lowest BCUT2D eigenvalue weighted by Gasteiger charge is -2.08. The highest BCUT2D eigenvalue weighted by Crippen LogP contribution is 2.24. The lowest BCUT2D eigenvalue weighted by Crippen LogP contribution is -1.91. The third-order valence-electron chi connectivity index (χ3n) is 2.42. The fraction of sp³-hybridized carbons (Fsp3) is 0.308. The van der Waals surface area contributed by atoms with Crippen LogP contribution in [0.25, 0.3) is 5.57 Å². The first-order valence-corrected chi connectivity index (χ1v) is 5.02. The van der Waals surface area contributed by atoms with Crippen molar-refractivity contribution in [2.75, 3.05) is 7.11 Å². The van der Waals surface area contributed by atoms with Crippen LogP contribution in [0, 0.1) is 0 Å². The topological polar surface area (TPSA) is 26.3 Å². The Morgan fingerprint density at radius 3 is 2.73 bits per heavy atom. The van der Waals surface area contributed by atoms with Crippen LogP contribution >= 0.6 is 0 Å². The molecular formula is C13H16O2. The van der Waals surface area contributed by atoms with Gasteiger partial charge in [0.2, 0.25) is 0 Å². The van der Waals surface area contributed by atoms with Gasteiger partial charge in [-0.15, -0.1) is 0 Å². The largest absolute Gasteiger partial charge is 0.497 e. The maximum Gasteiger partial charge on any atom is 0.146 e. The van der Waals surface area contributed by atoms with E-state index in [0.29, 0.717) is 0 Å². The number of rotatable bonds is 4. The molecule has 0 aromatic heterocycles. The van der Waals surface area contributed by atoms with E-state index in [1.807, 2.05) is 38.1 Å². The van der Waals surface area contributed by atoms with Crippen molar-refractivity contribution >= 4 is 11.9 Å². The first kappa shape index (κ1) is 11.5. The summed E-state index contributed by atoms with van der Waals surface area (Å²) >= 11 is 0. The Kier molecular flexibility index (Phi) is 4.10. The SMILES string of the molecule is CC/C(=C(/C)C=O)c1cccc(OC)c1. The van der Waals surface area contributed by atoms with Gasteiger partial charge in [-0.1, -0.05) is 19.1 Å². The van der Waals surface area contributed by atoms with E-state index < -0.39 is 0 Å². The minimum atomic E-state index is 0.783. The van der Waals surface area contributed by atoms with Gasteiger partial charge in [-0.3, -0.25) is 4.79 Å². The van der Waals surface area contributed by atoms with E-state index in [1.165, 1.54) is 0 Å². The van der Waals surface area contributed by atoms with Gasteiger partial charge in [0.25, 0.3) is 0 Å². The summed E-state index contributed by atoms with van der Waals surface area (Å²) in [5.41, 5.74) is 2.91. The standard InChI is InChI=1S/C13H16O2/c1-4-13(10(2)9-14)11-6-5-7-12(8-11)15-3/h5-9H,4H2,1-3H3/b13-10+. The van der Waals surface area contributed by atoms with E-state index in [1.54, 1.807) is 7.11 Å². The minimum Gasteiger partial charge on any atom is -0.497 e. The van der Waals surface area contributed by atoms with Gasteiger partial charge in [0.1, 0.15) is 12.0 Å². The van der Waals surface area contributed by atoms with Crippen molar-refractivity contribution in [2.24, 2.45) is 0 Å². The molecule has 0 radical (unpaired) electrons. The van der Waals surface area contributed by atoms with Gasteiger partial charge >= 0.3 is 0 Å². The average molecular weight is 204 g/mol. The van der Waals surface area contributed by atoms with Crippen LogP contribution < -0.4 is 4.74 Å². The van der Waals surface area contributed by atoms with Gasteiger partial charge in [-0.05, 0) is 42.2 Å². The van der Waals surface area contributed by atoms with Crippen LogP contribution in [-0.4, -0.2) is 13.4 Å². The molecule has 0 unspecified atom stereocenters. The summed E-state index contributed by atoms with van der Waals surface area (Å²) in [5, 5.41) is 0. The number of methoxy groups -OCH3 is 1. The fourth-order valence-electron chi connectivity index (χ4n) is 1.59. The molecule has 80 valence electrons. The van der Waals surface area contributed by atoms with Crippen molar-refractivity contribution in [1.82, 2.24) is 0 Å². The van der Waals surface area contributed by atoms with Crippen LogP contribution in [-0.2, 0) is 4.79 Å². The van der Waals surface area contributed by atoms with Gasteiger partial charge in [-0.25, -0.2) is 0 Å². The lowest BCUT2D eigenvalue weighted by atomic mass is 9.99. The van der Waals surface area contributed by atoms with Crippen LogP contribution in [0.2, 0.25) is 0 Å². The maximum atomic E-state index is 10.7. The fourth-order valence-corrected chi connectivity index (χ4v) is 1.59. The predicted molar refractivity (Wildman–Crippen MR) is 61.9 cm³/mol. The number of hydrogen-bond donors (Lipinski definition) is 0. The summed E-state index contributed by atoms with van der Waals surface area (Å²) in [6.07, 6.45) is 1.75. The number of carbonyl (C=O) groups is 1. The Hall–Kier alpha value is -1.57. The van der Waals surface area contributed by atoms with Crippen molar-refractivity contribution in [3.8, 4) is 5.75 Å². The molecule has 2 heteroatoms. The number of allylic oxidation sites excluding steroid dienone is 2. The summed E-state index contributed by atoms with van der Waals surface area (Å²) in [5.74, 6) is 0.817. The van der Waals surface area contributed by atoms with E-state index >= 15 is 0 Å². The molecule has 0 spiro atoms. The number of hydrogen-bond acceptors (Lipinski definition) is 2. The molecule has 0 heterocycles. The molecule has 0 N–H and O–H groups in total. The van der Waals surface area contributed by atoms with E-state index in [0.717, 1.165) is 35.2 Å². The molecule has 0 atom stereocenters. The molecule has 15 heavy (non-hydrogen) atoms. The second-order valence-corrected chi connectivity index (χ2v) is 3.36. The normalized spacial score (nSPS) is 11.9. The monoisotopic (exact) mass is 204 g/mol. The van der Waals surface area contributed by atoms with E-state index in [4.69, 9.17) is 4.74 Å². The molecule has 0 fully saturated rings. The van der Waals surface area contributed by atoms with Gasteiger partial charge in [0, 0.05) is 0 Å². The molecule has 1 aromatic rings. The molecule has 0 aliphatic heterocycles. The summed E-state index contributed by atoms with van der Waals surface area (Å²) < 4.78 is 5.15. The molecule has 0 saturated heterocycles. The average Bonchev–Trinajstić information content (AvgIpc) is 2.30. The highest BCUT2D eigenvalue weighted by molar-refractivity contribution is 5.87. The predicted octanol–water partition coefficient (Wildman–Crippen LogP) is 3.08. The van der Waals surface area contributed by atoms with Gasteiger partial charge in [0.05, 0.1) is 7.11 Å². The van der Waals surface area contributed by atoms with Crippen LogP contribution in [0.15, 0.2) is 29.8 Å². The molecule has 0 saturated carbocycles. The summed E-state index contributed by atoms with van der Waals surface area (Å²) in [7, 11) is 1.64. The number of ether oxygens (including phenoxy) is 1. The molecule has 1 rings (SSSR count). The first-order chi connectivity index (χ1) is 7.22. The maximum absolute atomic E-state index is 10.7. The number of carbonyl (C=O) groups excluding carboxylic acids is 1. The first-order valence-electron chi connectivity index (χ1n) is 5.02. The van der Waals surface area contributed by atoms with Crippen molar-refractivity contribution in [1.29, 1.82) is 0 Å². The quantitative estimate of drug-likeness (QED) is 0.556. The minimum absolute atomic E-state index is 0.783. The Morgan fingerprint density at radius 2 is 2.20 bits per heavy atom. The summed E-state index contributed by atoms with van der Waals surface area (Å²) in [6.45, 7) is 3.88. The van der Waals surface area contributed by atoms with Crippen molar-refractivity contribution < 1.29 is 9.53 Å². The number of aldehydes is 1. The highest BCUT2D eigenvalue weighted by atomic mass is 16.5. The zero-order valence-electron chi connectivity index (χ0n) is 9.41. The second kappa shape index (κ2) is 5.35. The van der Waals surface area contributed by atoms with Gasteiger partial charge < -0.3 is 4.74 Å². The smallest absolute Gasteiger partial charge is 0.146 e. The Balaban J connectivity index is 3.18. The molecule has 0 aliphatic carbocycles. The van der Waals surface area contributed by atoms with Crippen LogP contribution in [0.3, 0.4) is 0 Å². The van der Waals surface area contributed by atoms with Gasteiger partial charge in [-0.2, -0.15) is 0 Å². The zero-order chi connectivity index (χ0) is 11.3. The van der Waals surface area contributed by atoms with Crippen LogP contribution in [0.1, 0.15) is 25.8 Å². The zero-order valence-corrected chi connectivity index (χ0v) is 9.41. The third-order valence-corrected chi connectivity index (χ3v) is 2.42. The molecule has 0 aliphatic rings. The van der Waals surface area contributed by atoms with Crippen molar-refractivity contribution in [3.05, 3.63) is 35.4 Å². The van der Waals surface area contributed by atoms with Crippen molar-refractivity contribution in [2.45, 2.75) is 20.3 Å². The molecule has 1 aromatic carbocycles. The Morgan fingerprint density at radius 1 is 1.47 bits per heavy atom. The molecule has 2 nitrogen and oxygen atoms in total. The summed E-state index contributed by atoms with van der Waals surface area (Å²) in [6, 6.07) is 7.77. The lowest BCUT2D eigenvalue weighted by molar-refractivity contribution is -0.104. The van der Waals surface area contributed by atoms with Crippen molar-refractivity contribution in [3.63, 3.8) is 0 Å². The van der Waals surface area contributed by atoms with Gasteiger partial charge in [0.15, 0.2) is 0 Å². The third kappa shape index (κ3) is 2.69. The van der Waals surface area contributed by atoms with E-state index in [2.05, 4.69) is 0 Å². The Labute approximate surface area is 90.6 Å². The molecule has 0 bridgehead atoms. The van der Waals surface area contributed by atoms with Crippen LogP contribution in [0.4, 0.5) is 0 Å². The van der Waals surface area contributed by atoms with E-state index in [-0.39, 0.29) is 0 Å². The summed E-state index contributed by atoms with van der Waals surface area (Å²) in [4.78, 5) is 10.7. The second-order valence-electron chi connectivity index (χ2n) is 3.36. The molecule has 0 amide bonds. The van der Waals surface area contributed by atoms with Crippen LogP contribution in [0.5, 0.6) is 5.75 Å². The van der Waals surface area contributed by atoms with E-state index in [9.17, 15) is 4.79 Å². The highest BCUT2D eigenvalue weighted by Gasteiger charge is 2.04. The number of benzene rings is 1. The Bertz CT molecular complexity index is 378. The molecular weight excluding hydrogens is 188 g/mol.